The number of hydrogen-bond donors (Lipinski definition) is 1. The lowest BCUT2D eigenvalue weighted by molar-refractivity contribution is 0.364. The van der Waals surface area contributed by atoms with Gasteiger partial charge in [0.05, 0.1) is 0 Å². The molecule has 0 aliphatic carbocycles. The normalized spacial score (nSPS) is 15.7. The van der Waals surface area contributed by atoms with Crippen LogP contribution in [0.3, 0.4) is 0 Å². The minimum atomic E-state index is 0.204. The van der Waals surface area contributed by atoms with Crippen molar-refractivity contribution in [3.8, 4) is 12.3 Å². The summed E-state index contributed by atoms with van der Waals surface area (Å²) in [5.74, 6) is 3.73. The van der Waals surface area contributed by atoms with Crippen LogP contribution in [0.2, 0.25) is 0 Å². The molecule has 3 unspecified atom stereocenters. The van der Waals surface area contributed by atoms with Gasteiger partial charge in [-0.3, -0.25) is 0 Å². The zero-order valence-corrected chi connectivity index (χ0v) is 11.6. The van der Waals surface area contributed by atoms with Crippen molar-refractivity contribution in [3.05, 3.63) is 35.9 Å². The van der Waals surface area contributed by atoms with Crippen molar-refractivity contribution >= 4 is 0 Å². The summed E-state index contributed by atoms with van der Waals surface area (Å²) >= 11 is 0. The lowest BCUT2D eigenvalue weighted by Crippen LogP contribution is -2.32. The van der Waals surface area contributed by atoms with Gasteiger partial charge in [0.2, 0.25) is 0 Å². The van der Waals surface area contributed by atoms with Gasteiger partial charge in [0, 0.05) is 18.4 Å². The Balaban J connectivity index is 2.76. The molecule has 0 heterocycles. The summed E-state index contributed by atoms with van der Waals surface area (Å²) in [6.45, 7) is 4.52. The van der Waals surface area contributed by atoms with E-state index in [-0.39, 0.29) is 6.04 Å². The van der Waals surface area contributed by atoms with Crippen LogP contribution < -0.4 is 5.73 Å². The highest BCUT2D eigenvalue weighted by molar-refractivity contribution is 5.22. The highest BCUT2D eigenvalue weighted by Gasteiger charge is 2.24. The molecule has 98 valence electrons. The van der Waals surface area contributed by atoms with Crippen molar-refractivity contribution in [3.63, 3.8) is 0 Å². The quantitative estimate of drug-likeness (QED) is 0.569. The van der Waals surface area contributed by atoms with Crippen LogP contribution in [0, 0.1) is 18.3 Å². The van der Waals surface area contributed by atoms with E-state index in [1.165, 1.54) is 5.56 Å². The Bertz CT molecular complexity index is 363. The molecule has 3 atom stereocenters. The van der Waals surface area contributed by atoms with Crippen molar-refractivity contribution in [2.24, 2.45) is 11.7 Å². The molecule has 1 aromatic carbocycles. The van der Waals surface area contributed by atoms with E-state index >= 15 is 0 Å². The first kappa shape index (κ1) is 14.8. The first-order valence-electron chi connectivity index (χ1n) is 6.94. The van der Waals surface area contributed by atoms with Gasteiger partial charge >= 0.3 is 0 Å². The summed E-state index contributed by atoms with van der Waals surface area (Å²) in [6.07, 6.45) is 9.31. The second-order valence-corrected chi connectivity index (χ2v) is 5.08. The molecule has 0 aliphatic rings. The molecule has 0 amide bonds. The molecule has 0 aromatic heterocycles. The zero-order valence-electron chi connectivity index (χ0n) is 11.6. The Morgan fingerprint density at radius 2 is 1.94 bits per heavy atom. The van der Waals surface area contributed by atoms with Crippen molar-refractivity contribution in [2.75, 3.05) is 0 Å². The predicted molar refractivity (Wildman–Crippen MR) is 79.3 cm³/mol. The Hall–Kier alpha value is -1.26. The summed E-state index contributed by atoms with van der Waals surface area (Å²) < 4.78 is 0. The number of benzene rings is 1. The molecule has 0 radical (unpaired) electrons. The summed E-state index contributed by atoms with van der Waals surface area (Å²) in [5, 5.41) is 0. The van der Waals surface area contributed by atoms with Crippen LogP contribution >= 0.6 is 0 Å². The third-order valence-corrected chi connectivity index (χ3v) is 3.76. The summed E-state index contributed by atoms with van der Waals surface area (Å²) in [6, 6.07) is 10.8. The average Bonchev–Trinajstić information content (AvgIpc) is 2.40. The van der Waals surface area contributed by atoms with Crippen LogP contribution in [0.5, 0.6) is 0 Å². The van der Waals surface area contributed by atoms with E-state index in [1.807, 2.05) is 0 Å². The first-order valence-corrected chi connectivity index (χ1v) is 6.94. The lowest BCUT2D eigenvalue weighted by Gasteiger charge is -2.29. The highest BCUT2D eigenvalue weighted by Crippen LogP contribution is 2.31. The van der Waals surface area contributed by atoms with E-state index in [1.54, 1.807) is 0 Å². The van der Waals surface area contributed by atoms with Crippen molar-refractivity contribution in [1.29, 1.82) is 0 Å². The van der Waals surface area contributed by atoms with Crippen molar-refractivity contribution in [1.82, 2.24) is 0 Å². The number of hydrogen-bond acceptors (Lipinski definition) is 1. The fourth-order valence-electron chi connectivity index (χ4n) is 2.55. The van der Waals surface area contributed by atoms with Crippen LogP contribution in [0.1, 0.15) is 51.0 Å². The number of unbranched alkanes of at least 4 members (excludes halogenated alkanes) is 1. The molecular formula is C17H25N. The van der Waals surface area contributed by atoms with Gasteiger partial charge in [-0.05, 0) is 24.3 Å². The lowest BCUT2D eigenvalue weighted by atomic mass is 9.79. The van der Waals surface area contributed by atoms with Gasteiger partial charge in [-0.2, -0.15) is 0 Å². The van der Waals surface area contributed by atoms with E-state index in [2.05, 4.69) is 50.1 Å². The highest BCUT2D eigenvalue weighted by atomic mass is 14.7. The molecule has 0 saturated carbocycles. The predicted octanol–water partition coefficient (Wildman–Crippen LogP) is 3.95. The third kappa shape index (κ3) is 4.20. The Kier molecular flexibility index (Phi) is 6.54. The molecule has 0 fully saturated rings. The molecule has 0 aliphatic heterocycles. The SMILES string of the molecule is C#CCCCC(N)C(c1ccccc1)C(C)CC. The molecule has 1 aromatic rings. The molecule has 1 nitrogen and oxygen atoms in total. The van der Waals surface area contributed by atoms with Crippen LogP contribution in [-0.4, -0.2) is 6.04 Å². The number of nitrogens with two attached hydrogens (primary N) is 1. The summed E-state index contributed by atoms with van der Waals surface area (Å²) in [5.41, 5.74) is 7.76. The monoisotopic (exact) mass is 243 g/mol. The Morgan fingerprint density at radius 1 is 1.28 bits per heavy atom. The average molecular weight is 243 g/mol. The largest absolute Gasteiger partial charge is 0.327 e. The van der Waals surface area contributed by atoms with Gasteiger partial charge in [0.25, 0.3) is 0 Å². The van der Waals surface area contributed by atoms with E-state index in [0.717, 1.165) is 25.7 Å². The summed E-state index contributed by atoms with van der Waals surface area (Å²) in [7, 11) is 0. The third-order valence-electron chi connectivity index (χ3n) is 3.76. The van der Waals surface area contributed by atoms with Gasteiger partial charge in [-0.15, -0.1) is 12.3 Å². The smallest absolute Gasteiger partial charge is 0.0111 e. The van der Waals surface area contributed by atoms with Crippen molar-refractivity contribution < 1.29 is 0 Å². The molecule has 0 bridgehead atoms. The molecule has 1 rings (SSSR count). The second kappa shape index (κ2) is 7.95. The van der Waals surface area contributed by atoms with Crippen LogP contribution in [0.4, 0.5) is 0 Å². The number of rotatable bonds is 7. The molecule has 1 heteroatoms. The fourth-order valence-corrected chi connectivity index (χ4v) is 2.55. The van der Waals surface area contributed by atoms with E-state index in [4.69, 9.17) is 12.2 Å². The minimum Gasteiger partial charge on any atom is -0.327 e. The van der Waals surface area contributed by atoms with E-state index in [9.17, 15) is 0 Å². The van der Waals surface area contributed by atoms with E-state index < -0.39 is 0 Å². The zero-order chi connectivity index (χ0) is 13.4. The standard InChI is InChI=1S/C17H25N/c1-4-6-8-13-16(18)17(14(3)5-2)15-11-9-7-10-12-15/h1,7,9-12,14,16-17H,5-6,8,13,18H2,2-3H3. The van der Waals surface area contributed by atoms with Crippen LogP contribution in [0.15, 0.2) is 30.3 Å². The molecule has 18 heavy (non-hydrogen) atoms. The van der Waals surface area contributed by atoms with E-state index in [0.29, 0.717) is 11.8 Å². The van der Waals surface area contributed by atoms with Crippen LogP contribution in [-0.2, 0) is 0 Å². The topological polar surface area (TPSA) is 26.0 Å². The maximum Gasteiger partial charge on any atom is 0.0111 e. The van der Waals surface area contributed by atoms with Gasteiger partial charge in [0.15, 0.2) is 0 Å². The van der Waals surface area contributed by atoms with Gasteiger partial charge in [-0.25, -0.2) is 0 Å². The maximum atomic E-state index is 6.40. The first-order chi connectivity index (χ1) is 8.70. The van der Waals surface area contributed by atoms with Crippen LogP contribution in [0.25, 0.3) is 0 Å². The molecule has 2 N–H and O–H groups in total. The fraction of sp³-hybridized carbons (Fsp3) is 0.529. The second-order valence-electron chi connectivity index (χ2n) is 5.08. The van der Waals surface area contributed by atoms with Gasteiger partial charge < -0.3 is 5.73 Å². The van der Waals surface area contributed by atoms with Gasteiger partial charge in [0.1, 0.15) is 0 Å². The Morgan fingerprint density at radius 3 is 2.50 bits per heavy atom. The maximum absolute atomic E-state index is 6.40. The number of terminal acetylenes is 1. The summed E-state index contributed by atoms with van der Waals surface area (Å²) in [4.78, 5) is 0. The molecule has 0 saturated heterocycles. The molecular weight excluding hydrogens is 218 g/mol. The molecule has 0 spiro atoms. The Labute approximate surface area is 112 Å². The van der Waals surface area contributed by atoms with Crippen molar-refractivity contribution in [2.45, 2.75) is 51.5 Å². The minimum absolute atomic E-state index is 0.204. The van der Waals surface area contributed by atoms with Gasteiger partial charge in [-0.1, -0.05) is 50.6 Å².